The smallest absolute Gasteiger partial charge is 0.244 e. The van der Waals surface area contributed by atoms with Gasteiger partial charge in [-0.3, -0.25) is 4.79 Å². The van der Waals surface area contributed by atoms with Crippen LogP contribution in [-0.2, 0) is 4.79 Å². The van der Waals surface area contributed by atoms with Gasteiger partial charge in [0, 0.05) is 6.08 Å². The van der Waals surface area contributed by atoms with E-state index in [1.807, 2.05) is 19.9 Å². The monoisotopic (exact) mass is 237 g/mol. The minimum atomic E-state index is -0.569. The fourth-order valence-corrected chi connectivity index (χ4v) is 1.28. The van der Waals surface area contributed by atoms with Gasteiger partial charge in [0.05, 0.1) is 12.1 Å². The van der Waals surface area contributed by atoms with Crippen molar-refractivity contribution in [2.75, 3.05) is 6.61 Å². The first-order valence-electron chi connectivity index (χ1n) is 5.66. The second-order valence-corrected chi connectivity index (χ2v) is 4.34. The molecule has 17 heavy (non-hydrogen) atoms. The van der Waals surface area contributed by atoms with Crippen molar-refractivity contribution < 1.29 is 14.3 Å². The van der Waals surface area contributed by atoms with Crippen LogP contribution in [0.3, 0.4) is 0 Å². The van der Waals surface area contributed by atoms with E-state index in [-0.39, 0.29) is 12.5 Å². The van der Waals surface area contributed by atoms with Gasteiger partial charge in [-0.05, 0) is 38.5 Å². The molecule has 0 saturated carbocycles. The minimum absolute atomic E-state index is 0.0804. The summed E-state index contributed by atoms with van der Waals surface area (Å²) in [5.41, 5.74) is -0.569. The predicted molar refractivity (Wildman–Crippen MR) is 66.4 cm³/mol. The maximum absolute atomic E-state index is 11.6. The van der Waals surface area contributed by atoms with Crippen molar-refractivity contribution >= 4 is 12.0 Å². The van der Waals surface area contributed by atoms with E-state index < -0.39 is 5.54 Å². The number of amides is 1. The molecule has 0 bridgehead atoms. The molecule has 0 aromatic carbocycles. The van der Waals surface area contributed by atoms with Crippen molar-refractivity contribution in [2.45, 2.75) is 32.7 Å². The van der Waals surface area contributed by atoms with Crippen molar-refractivity contribution in [3.63, 3.8) is 0 Å². The lowest BCUT2D eigenvalue weighted by Crippen LogP contribution is -2.47. The molecule has 94 valence electrons. The molecule has 0 fully saturated rings. The van der Waals surface area contributed by atoms with Crippen LogP contribution < -0.4 is 5.32 Å². The van der Waals surface area contributed by atoms with Crippen LogP contribution in [0.4, 0.5) is 0 Å². The van der Waals surface area contributed by atoms with Gasteiger partial charge in [0.1, 0.15) is 11.5 Å². The number of aliphatic hydroxyl groups is 1. The highest BCUT2D eigenvalue weighted by Crippen LogP contribution is 2.09. The molecule has 0 saturated heterocycles. The van der Waals surface area contributed by atoms with Crippen molar-refractivity contribution in [3.05, 3.63) is 29.7 Å². The van der Waals surface area contributed by atoms with Crippen LogP contribution in [0.25, 0.3) is 6.08 Å². The molecule has 1 amide bonds. The first kappa shape index (κ1) is 13.5. The summed E-state index contributed by atoms with van der Waals surface area (Å²) in [6, 6.07) is 3.63. The maximum Gasteiger partial charge on any atom is 0.244 e. The second kappa shape index (κ2) is 5.68. The van der Waals surface area contributed by atoms with E-state index in [1.54, 1.807) is 19.1 Å². The van der Waals surface area contributed by atoms with Gasteiger partial charge in [-0.25, -0.2) is 0 Å². The lowest BCUT2D eigenvalue weighted by molar-refractivity contribution is -0.118. The molecule has 4 nitrogen and oxygen atoms in total. The number of carbonyl (C=O) groups excluding carboxylic acids is 1. The van der Waals surface area contributed by atoms with Crippen LogP contribution in [0.2, 0.25) is 0 Å². The van der Waals surface area contributed by atoms with E-state index in [0.717, 1.165) is 5.76 Å². The largest absolute Gasteiger partial charge is 0.462 e. The van der Waals surface area contributed by atoms with E-state index in [1.165, 1.54) is 6.08 Å². The van der Waals surface area contributed by atoms with E-state index in [4.69, 9.17) is 9.52 Å². The number of furan rings is 1. The molecular weight excluding hydrogens is 218 g/mol. The quantitative estimate of drug-likeness (QED) is 0.768. The SMILES string of the molecule is CCC(C)(CO)NC(=O)/C=C/c1ccc(C)o1. The van der Waals surface area contributed by atoms with Crippen LogP contribution >= 0.6 is 0 Å². The lowest BCUT2D eigenvalue weighted by atomic mass is 10.0. The van der Waals surface area contributed by atoms with Gasteiger partial charge in [-0.15, -0.1) is 0 Å². The van der Waals surface area contributed by atoms with Gasteiger partial charge in [-0.1, -0.05) is 6.92 Å². The van der Waals surface area contributed by atoms with E-state index in [0.29, 0.717) is 12.2 Å². The highest BCUT2D eigenvalue weighted by atomic mass is 16.3. The third-order valence-corrected chi connectivity index (χ3v) is 2.71. The van der Waals surface area contributed by atoms with Gasteiger partial charge in [-0.2, -0.15) is 0 Å². The van der Waals surface area contributed by atoms with Gasteiger partial charge in [0.25, 0.3) is 0 Å². The number of hydrogen-bond donors (Lipinski definition) is 2. The fraction of sp³-hybridized carbons (Fsp3) is 0.462. The number of rotatable bonds is 5. The van der Waals surface area contributed by atoms with Crippen LogP contribution in [0.5, 0.6) is 0 Å². The van der Waals surface area contributed by atoms with E-state index in [2.05, 4.69) is 5.32 Å². The Morgan fingerprint density at radius 2 is 2.29 bits per heavy atom. The Labute approximate surface area is 101 Å². The standard InChI is InChI=1S/C13H19NO3/c1-4-13(3,9-15)14-12(16)8-7-11-6-5-10(2)17-11/h5-8,15H,4,9H2,1-3H3,(H,14,16)/b8-7+. The Balaban J connectivity index is 2.58. The highest BCUT2D eigenvalue weighted by molar-refractivity contribution is 5.91. The summed E-state index contributed by atoms with van der Waals surface area (Å²) < 4.78 is 5.30. The zero-order valence-electron chi connectivity index (χ0n) is 10.5. The topological polar surface area (TPSA) is 62.5 Å². The Morgan fingerprint density at radius 1 is 1.59 bits per heavy atom. The summed E-state index contributed by atoms with van der Waals surface area (Å²) >= 11 is 0. The lowest BCUT2D eigenvalue weighted by Gasteiger charge is -2.26. The molecular formula is C13H19NO3. The van der Waals surface area contributed by atoms with Gasteiger partial charge >= 0.3 is 0 Å². The molecule has 1 unspecified atom stereocenters. The van der Waals surface area contributed by atoms with Gasteiger partial charge in [0.2, 0.25) is 5.91 Å². The summed E-state index contributed by atoms with van der Waals surface area (Å²) in [6.07, 6.45) is 3.68. The molecule has 1 atom stereocenters. The zero-order valence-corrected chi connectivity index (χ0v) is 10.5. The third kappa shape index (κ3) is 4.07. The third-order valence-electron chi connectivity index (χ3n) is 2.71. The van der Waals surface area contributed by atoms with Crippen LogP contribution in [0.1, 0.15) is 31.8 Å². The molecule has 1 rings (SSSR count). The van der Waals surface area contributed by atoms with Crippen molar-refractivity contribution in [1.82, 2.24) is 5.32 Å². The molecule has 1 heterocycles. The first-order chi connectivity index (χ1) is 7.99. The highest BCUT2D eigenvalue weighted by Gasteiger charge is 2.21. The Hall–Kier alpha value is -1.55. The molecule has 0 aliphatic heterocycles. The van der Waals surface area contributed by atoms with Crippen LogP contribution in [-0.4, -0.2) is 23.2 Å². The number of hydrogen-bond acceptors (Lipinski definition) is 3. The Kier molecular flexibility index (Phi) is 4.52. The summed E-state index contributed by atoms with van der Waals surface area (Å²) in [4.78, 5) is 11.6. The molecule has 2 N–H and O–H groups in total. The van der Waals surface area contributed by atoms with Crippen molar-refractivity contribution in [1.29, 1.82) is 0 Å². The predicted octanol–water partition coefficient (Wildman–Crippen LogP) is 1.88. The van der Waals surface area contributed by atoms with Gasteiger partial charge < -0.3 is 14.8 Å². The Bertz CT molecular complexity index is 403. The normalized spacial score (nSPS) is 14.8. The molecule has 4 heteroatoms. The van der Waals surface area contributed by atoms with Crippen LogP contribution in [0, 0.1) is 6.92 Å². The van der Waals surface area contributed by atoms with Crippen molar-refractivity contribution in [3.8, 4) is 0 Å². The Morgan fingerprint density at radius 3 is 2.76 bits per heavy atom. The average Bonchev–Trinajstić information content (AvgIpc) is 2.72. The molecule has 0 spiro atoms. The number of nitrogens with one attached hydrogen (secondary N) is 1. The summed E-state index contributed by atoms with van der Waals surface area (Å²) in [5.74, 6) is 1.20. The first-order valence-corrected chi connectivity index (χ1v) is 5.66. The zero-order chi connectivity index (χ0) is 12.9. The minimum Gasteiger partial charge on any atom is -0.462 e. The summed E-state index contributed by atoms with van der Waals surface area (Å²) in [7, 11) is 0. The second-order valence-electron chi connectivity index (χ2n) is 4.34. The fourth-order valence-electron chi connectivity index (χ4n) is 1.28. The number of carbonyl (C=O) groups is 1. The summed E-state index contributed by atoms with van der Waals surface area (Å²) in [6.45, 7) is 5.48. The molecule has 0 aliphatic carbocycles. The number of aryl methyl sites for hydroxylation is 1. The van der Waals surface area contributed by atoms with E-state index in [9.17, 15) is 4.79 Å². The van der Waals surface area contributed by atoms with E-state index >= 15 is 0 Å². The van der Waals surface area contributed by atoms with Crippen molar-refractivity contribution in [2.24, 2.45) is 0 Å². The van der Waals surface area contributed by atoms with Crippen LogP contribution in [0.15, 0.2) is 22.6 Å². The molecule has 0 radical (unpaired) electrons. The number of aliphatic hydroxyl groups excluding tert-OH is 1. The average molecular weight is 237 g/mol. The molecule has 0 aliphatic rings. The maximum atomic E-state index is 11.6. The molecule has 1 aromatic heterocycles. The molecule has 1 aromatic rings. The van der Waals surface area contributed by atoms with Gasteiger partial charge in [0.15, 0.2) is 0 Å². The summed E-state index contributed by atoms with van der Waals surface area (Å²) in [5, 5.41) is 11.9.